The Balaban J connectivity index is 1.59. The zero-order valence-electron chi connectivity index (χ0n) is 12.0. The molecule has 2 aromatic rings. The van der Waals surface area contributed by atoms with E-state index >= 15 is 0 Å². The van der Waals surface area contributed by atoms with Gasteiger partial charge in [0, 0.05) is 11.1 Å². The first-order valence-electron chi connectivity index (χ1n) is 6.90. The van der Waals surface area contributed by atoms with Crippen LogP contribution in [0, 0.1) is 10.1 Å². The van der Waals surface area contributed by atoms with Crippen LogP contribution in [0.25, 0.3) is 6.08 Å². The van der Waals surface area contributed by atoms with Gasteiger partial charge in [0.15, 0.2) is 6.10 Å². The van der Waals surface area contributed by atoms with E-state index in [1.807, 2.05) is 30.3 Å². The molecule has 1 aliphatic heterocycles. The maximum Gasteiger partial charge on any atom is 0.414 e. The van der Waals surface area contributed by atoms with Crippen molar-refractivity contribution in [2.75, 3.05) is 6.61 Å². The van der Waals surface area contributed by atoms with Crippen LogP contribution in [-0.2, 0) is 16.1 Å². The maximum atomic E-state index is 11.8. The number of hydrogen-bond donors (Lipinski definition) is 0. The van der Waals surface area contributed by atoms with Gasteiger partial charge in [-0.2, -0.15) is 0 Å². The zero-order chi connectivity index (χ0) is 16.2. The van der Waals surface area contributed by atoms with Gasteiger partial charge in [0.25, 0.3) is 0 Å². The number of nitro groups is 1. The van der Waals surface area contributed by atoms with Gasteiger partial charge in [0.05, 0.1) is 6.54 Å². The molecule has 118 valence electrons. The summed E-state index contributed by atoms with van der Waals surface area (Å²) in [6.45, 7) is 0.375. The van der Waals surface area contributed by atoms with E-state index in [9.17, 15) is 14.9 Å². The van der Waals surface area contributed by atoms with E-state index in [1.54, 1.807) is 6.08 Å². The van der Waals surface area contributed by atoms with Crippen molar-refractivity contribution in [3.05, 3.63) is 58.3 Å². The average molecular weight is 315 g/mol. The minimum absolute atomic E-state index is 0.110. The number of carbonyl (C=O) groups is 1. The third-order valence-electron chi connectivity index (χ3n) is 3.21. The van der Waals surface area contributed by atoms with Crippen LogP contribution in [-0.4, -0.2) is 33.2 Å². The number of rotatable bonds is 4. The SMILES string of the molecule is O=C(C=Cc1ccccc1)OC1COc2nc([N+](=O)[O-])cn2C1. The lowest BCUT2D eigenvalue weighted by molar-refractivity contribution is -0.389. The quantitative estimate of drug-likeness (QED) is 0.369. The fourth-order valence-electron chi connectivity index (χ4n) is 2.16. The van der Waals surface area contributed by atoms with Crippen LogP contribution >= 0.6 is 0 Å². The summed E-state index contributed by atoms with van der Waals surface area (Å²) < 4.78 is 12.0. The molecule has 0 bridgehead atoms. The number of aromatic nitrogens is 2. The lowest BCUT2D eigenvalue weighted by Crippen LogP contribution is -2.33. The first-order chi connectivity index (χ1) is 11.1. The Morgan fingerprint density at radius 2 is 2.22 bits per heavy atom. The van der Waals surface area contributed by atoms with Gasteiger partial charge in [0.1, 0.15) is 12.8 Å². The van der Waals surface area contributed by atoms with Crippen molar-refractivity contribution >= 4 is 17.9 Å². The Labute approximate surface area is 131 Å². The van der Waals surface area contributed by atoms with Crippen LogP contribution < -0.4 is 4.74 Å². The first kappa shape index (κ1) is 14.8. The number of hydrogen-bond acceptors (Lipinski definition) is 6. The molecule has 1 aromatic heterocycles. The molecule has 1 atom stereocenters. The fourth-order valence-corrected chi connectivity index (χ4v) is 2.16. The third-order valence-corrected chi connectivity index (χ3v) is 3.21. The van der Waals surface area contributed by atoms with Gasteiger partial charge in [-0.05, 0) is 16.6 Å². The van der Waals surface area contributed by atoms with Crippen LogP contribution in [0.4, 0.5) is 5.82 Å². The summed E-state index contributed by atoms with van der Waals surface area (Å²) in [7, 11) is 0. The summed E-state index contributed by atoms with van der Waals surface area (Å²) in [6, 6.07) is 9.51. The lowest BCUT2D eigenvalue weighted by Gasteiger charge is -2.21. The van der Waals surface area contributed by atoms with Crippen LogP contribution in [0.15, 0.2) is 42.6 Å². The van der Waals surface area contributed by atoms with Crippen molar-refractivity contribution in [3.63, 3.8) is 0 Å². The molecule has 1 aromatic carbocycles. The topological polar surface area (TPSA) is 96.5 Å². The third kappa shape index (κ3) is 3.54. The number of ether oxygens (including phenoxy) is 2. The molecule has 0 N–H and O–H groups in total. The predicted octanol–water partition coefficient (Wildman–Crippen LogP) is 1.81. The van der Waals surface area contributed by atoms with Gasteiger partial charge in [-0.15, -0.1) is 0 Å². The van der Waals surface area contributed by atoms with E-state index in [-0.39, 0.29) is 25.0 Å². The summed E-state index contributed by atoms with van der Waals surface area (Å²) in [4.78, 5) is 25.6. The largest absolute Gasteiger partial charge is 0.454 e. The van der Waals surface area contributed by atoms with Crippen molar-refractivity contribution in [1.29, 1.82) is 0 Å². The number of benzene rings is 1. The second-order valence-corrected chi connectivity index (χ2v) is 4.91. The van der Waals surface area contributed by atoms with Gasteiger partial charge < -0.3 is 19.6 Å². The van der Waals surface area contributed by atoms with Crippen LogP contribution in [0.1, 0.15) is 5.56 Å². The van der Waals surface area contributed by atoms with E-state index in [0.717, 1.165) is 5.56 Å². The number of imidazole rings is 1. The summed E-state index contributed by atoms with van der Waals surface area (Å²) in [5.41, 5.74) is 0.886. The van der Waals surface area contributed by atoms with Gasteiger partial charge in [0.2, 0.25) is 0 Å². The van der Waals surface area contributed by atoms with Crippen molar-refractivity contribution in [3.8, 4) is 6.01 Å². The molecule has 2 heterocycles. The highest BCUT2D eigenvalue weighted by Gasteiger charge is 2.29. The minimum Gasteiger partial charge on any atom is -0.454 e. The second kappa shape index (κ2) is 6.30. The standard InChI is InChI=1S/C15H13N3O5/c19-14(7-6-11-4-2-1-3-5-11)23-12-8-17-9-13(18(20)21)16-15(17)22-10-12/h1-7,9,12H,8,10H2. The molecule has 3 rings (SSSR count). The molecule has 0 amide bonds. The van der Waals surface area contributed by atoms with Crippen LogP contribution in [0.2, 0.25) is 0 Å². The molecule has 23 heavy (non-hydrogen) atoms. The Morgan fingerprint density at radius 3 is 2.96 bits per heavy atom. The van der Waals surface area contributed by atoms with Gasteiger partial charge in [-0.25, -0.2) is 4.79 Å². The predicted molar refractivity (Wildman–Crippen MR) is 79.7 cm³/mol. The summed E-state index contributed by atoms with van der Waals surface area (Å²) >= 11 is 0. The number of carbonyl (C=O) groups excluding carboxylic acids is 1. The highest BCUT2D eigenvalue weighted by Crippen LogP contribution is 2.22. The number of fused-ring (bicyclic) bond motifs is 1. The van der Waals surface area contributed by atoms with Gasteiger partial charge in [-0.3, -0.25) is 4.57 Å². The summed E-state index contributed by atoms with van der Waals surface area (Å²) in [6.07, 6.45) is 3.72. The fraction of sp³-hybridized carbons (Fsp3) is 0.200. The normalized spacial score (nSPS) is 16.6. The van der Waals surface area contributed by atoms with Gasteiger partial charge >= 0.3 is 17.8 Å². The Kier molecular flexibility index (Phi) is 4.05. The number of nitrogens with zero attached hydrogens (tertiary/aromatic N) is 3. The first-order valence-corrected chi connectivity index (χ1v) is 6.90. The van der Waals surface area contributed by atoms with E-state index in [4.69, 9.17) is 9.47 Å². The summed E-state index contributed by atoms with van der Waals surface area (Å²) in [5, 5.41) is 10.7. The molecule has 1 aliphatic rings. The van der Waals surface area contributed by atoms with E-state index in [1.165, 1.54) is 16.8 Å². The minimum atomic E-state index is -0.599. The Bertz CT molecular complexity index is 754. The van der Waals surface area contributed by atoms with E-state index in [2.05, 4.69) is 4.98 Å². The van der Waals surface area contributed by atoms with Crippen molar-refractivity contribution in [2.45, 2.75) is 12.6 Å². The van der Waals surface area contributed by atoms with Crippen molar-refractivity contribution in [2.24, 2.45) is 0 Å². The molecule has 8 heteroatoms. The van der Waals surface area contributed by atoms with Crippen LogP contribution in [0.5, 0.6) is 6.01 Å². The molecular weight excluding hydrogens is 302 g/mol. The maximum absolute atomic E-state index is 11.8. The van der Waals surface area contributed by atoms with E-state index < -0.39 is 17.0 Å². The lowest BCUT2D eigenvalue weighted by atomic mass is 10.2. The smallest absolute Gasteiger partial charge is 0.414 e. The highest BCUT2D eigenvalue weighted by atomic mass is 16.6. The molecular formula is C15H13N3O5. The van der Waals surface area contributed by atoms with Crippen LogP contribution in [0.3, 0.4) is 0 Å². The molecule has 0 fully saturated rings. The molecule has 0 saturated carbocycles. The van der Waals surface area contributed by atoms with Crippen molar-refractivity contribution < 1.29 is 19.2 Å². The number of esters is 1. The molecule has 0 radical (unpaired) electrons. The zero-order valence-corrected chi connectivity index (χ0v) is 12.0. The highest BCUT2D eigenvalue weighted by molar-refractivity contribution is 5.87. The molecule has 0 saturated heterocycles. The Hall–Kier alpha value is -3.16. The van der Waals surface area contributed by atoms with Gasteiger partial charge in [-0.1, -0.05) is 30.3 Å². The average Bonchev–Trinajstić information content (AvgIpc) is 2.97. The monoisotopic (exact) mass is 315 g/mol. The van der Waals surface area contributed by atoms with Crippen molar-refractivity contribution in [1.82, 2.24) is 9.55 Å². The molecule has 1 unspecified atom stereocenters. The summed E-state index contributed by atoms with van der Waals surface area (Å²) in [5.74, 6) is -0.795. The molecule has 8 nitrogen and oxygen atoms in total. The van der Waals surface area contributed by atoms with E-state index in [0.29, 0.717) is 0 Å². The molecule has 0 aliphatic carbocycles. The Morgan fingerprint density at radius 1 is 1.43 bits per heavy atom. The second-order valence-electron chi connectivity index (χ2n) is 4.91. The molecule has 0 spiro atoms.